The summed E-state index contributed by atoms with van der Waals surface area (Å²) in [7, 11) is 0. The van der Waals surface area contributed by atoms with E-state index >= 15 is 0 Å². The van der Waals surface area contributed by atoms with Crippen LogP contribution in [0, 0.1) is 5.82 Å². The summed E-state index contributed by atoms with van der Waals surface area (Å²) in [6.07, 6.45) is 1.09. The lowest BCUT2D eigenvalue weighted by Crippen LogP contribution is -2.35. The quantitative estimate of drug-likeness (QED) is 0.920. The molecule has 1 aliphatic rings. The highest BCUT2D eigenvalue weighted by Crippen LogP contribution is 2.26. The first-order valence-electron chi connectivity index (χ1n) is 7.99. The number of benzene rings is 2. The molecule has 0 aromatic heterocycles. The van der Waals surface area contributed by atoms with Crippen molar-refractivity contribution in [2.24, 2.45) is 0 Å². The van der Waals surface area contributed by atoms with E-state index in [1.807, 2.05) is 6.07 Å². The normalized spacial score (nSPS) is 18.0. The summed E-state index contributed by atoms with van der Waals surface area (Å²) in [5, 5.41) is 2.90. The highest BCUT2D eigenvalue weighted by Gasteiger charge is 2.24. The Hall–Kier alpha value is -2.20. The molecule has 120 valence electrons. The second-order valence-corrected chi connectivity index (χ2v) is 6.03. The second kappa shape index (κ2) is 7.38. The second-order valence-electron chi connectivity index (χ2n) is 6.03. The van der Waals surface area contributed by atoms with E-state index in [4.69, 9.17) is 0 Å². The Morgan fingerprint density at radius 1 is 1.13 bits per heavy atom. The SMILES string of the molecule is O=C(CN1CC[C@H](c2ccccc2)C1)NCc1ccc(F)cc1. The van der Waals surface area contributed by atoms with Crippen molar-refractivity contribution in [2.75, 3.05) is 19.6 Å². The van der Waals surface area contributed by atoms with E-state index in [0.717, 1.165) is 25.1 Å². The average molecular weight is 312 g/mol. The van der Waals surface area contributed by atoms with Gasteiger partial charge in [-0.05, 0) is 42.1 Å². The average Bonchev–Trinajstić information content (AvgIpc) is 3.04. The van der Waals surface area contributed by atoms with E-state index in [1.54, 1.807) is 12.1 Å². The smallest absolute Gasteiger partial charge is 0.234 e. The fourth-order valence-corrected chi connectivity index (χ4v) is 3.04. The minimum absolute atomic E-state index is 0.0167. The first kappa shape index (κ1) is 15.7. The van der Waals surface area contributed by atoms with Crippen LogP contribution in [0.4, 0.5) is 4.39 Å². The summed E-state index contributed by atoms with van der Waals surface area (Å²) in [5.74, 6) is 0.272. The van der Waals surface area contributed by atoms with E-state index in [9.17, 15) is 9.18 Å². The maximum absolute atomic E-state index is 12.8. The number of amides is 1. The van der Waals surface area contributed by atoms with Gasteiger partial charge in [-0.3, -0.25) is 9.69 Å². The van der Waals surface area contributed by atoms with Gasteiger partial charge in [-0.25, -0.2) is 4.39 Å². The van der Waals surface area contributed by atoms with Crippen molar-refractivity contribution in [1.29, 1.82) is 0 Å². The minimum Gasteiger partial charge on any atom is -0.351 e. The summed E-state index contributed by atoms with van der Waals surface area (Å²) >= 11 is 0. The fourth-order valence-electron chi connectivity index (χ4n) is 3.04. The predicted octanol–water partition coefficient (Wildman–Crippen LogP) is 2.93. The van der Waals surface area contributed by atoms with Crippen molar-refractivity contribution in [1.82, 2.24) is 10.2 Å². The molecular formula is C19H21FN2O. The Labute approximate surface area is 136 Å². The molecule has 0 aliphatic carbocycles. The Morgan fingerprint density at radius 2 is 1.87 bits per heavy atom. The van der Waals surface area contributed by atoms with Gasteiger partial charge >= 0.3 is 0 Å². The van der Waals surface area contributed by atoms with Gasteiger partial charge in [-0.2, -0.15) is 0 Å². The maximum atomic E-state index is 12.8. The Bertz CT molecular complexity index is 642. The van der Waals surface area contributed by atoms with Crippen molar-refractivity contribution < 1.29 is 9.18 Å². The number of carbonyl (C=O) groups excluding carboxylic acids is 1. The van der Waals surface area contributed by atoms with Gasteiger partial charge in [0, 0.05) is 13.1 Å². The monoisotopic (exact) mass is 312 g/mol. The Kier molecular flexibility index (Phi) is 5.03. The summed E-state index contributed by atoms with van der Waals surface area (Å²) in [4.78, 5) is 14.2. The van der Waals surface area contributed by atoms with Crippen LogP contribution in [0.15, 0.2) is 54.6 Å². The number of nitrogens with zero attached hydrogens (tertiary/aromatic N) is 1. The molecule has 3 nitrogen and oxygen atoms in total. The zero-order valence-electron chi connectivity index (χ0n) is 13.0. The molecule has 23 heavy (non-hydrogen) atoms. The van der Waals surface area contributed by atoms with Gasteiger partial charge in [0.25, 0.3) is 0 Å². The molecule has 1 aliphatic heterocycles. The number of carbonyl (C=O) groups is 1. The van der Waals surface area contributed by atoms with Crippen molar-refractivity contribution in [3.8, 4) is 0 Å². The fraction of sp³-hybridized carbons (Fsp3) is 0.316. The lowest BCUT2D eigenvalue weighted by atomic mass is 9.99. The zero-order valence-corrected chi connectivity index (χ0v) is 13.0. The molecule has 1 N–H and O–H groups in total. The molecule has 1 atom stereocenters. The van der Waals surface area contributed by atoms with Crippen LogP contribution in [-0.2, 0) is 11.3 Å². The van der Waals surface area contributed by atoms with Gasteiger partial charge in [0.1, 0.15) is 5.82 Å². The van der Waals surface area contributed by atoms with Crippen LogP contribution >= 0.6 is 0 Å². The molecule has 1 fully saturated rings. The van der Waals surface area contributed by atoms with Gasteiger partial charge in [0.05, 0.1) is 6.54 Å². The molecule has 4 heteroatoms. The molecule has 0 bridgehead atoms. The first-order valence-corrected chi connectivity index (χ1v) is 7.99. The molecular weight excluding hydrogens is 291 g/mol. The summed E-state index contributed by atoms with van der Waals surface area (Å²) in [6, 6.07) is 16.7. The van der Waals surface area contributed by atoms with Gasteiger partial charge in [0.2, 0.25) is 5.91 Å². The number of rotatable bonds is 5. The van der Waals surface area contributed by atoms with Crippen LogP contribution in [0.25, 0.3) is 0 Å². The van der Waals surface area contributed by atoms with Crippen molar-refractivity contribution >= 4 is 5.91 Å². The van der Waals surface area contributed by atoms with Gasteiger partial charge in [-0.15, -0.1) is 0 Å². The van der Waals surface area contributed by atoms with Crippen LogP contribution in [0.3, 0.4) is 0 Å². The molecule has 1 saturated heterocycles. The zero-order chi connectivity index (χ0) is 16.1. The molecule has 2 aromatic rings. The number of hydrogen-bond acceptors (Lipinski definition) is 2. The molecule has 3 rings (SSSR count). The standard InChI is InChI=1S/C19H21FN2O/c20-18-8-6-15(7-9-18)12-21-19(23)14-22-11-10-17(13-22)16-4-2-1-3-5-16/h1-9,17H,10-14H2,(H,21,23)/t17-/m0/s1. The third-order valence-corrected chi connectivity index (χ3v) is 4.31. The van der Waals surface area contributed by atoms with Crippen LogP contribution in [-0.4, -0.2) is 30.4 Å². The van der Waals surface area contributed by atoms with E-state index in [0.29, 0.717) is 19.0 Å². The third kappa shape index (κ3) is 4.39. The number of likely N-dealkylation sites (tertiary alicyclic amines) is 1. The number of halogens is 1. The highest BCUT2D eigenvalue weighted by molar-refractivity contribution is 5.78. The number of nitrogens with one attached hydrogen (secondary N) is 1. The summed E-state index contributed by atoms with van der Waals surface area (Å²) < 4.78 is 12.8. The number of hydrogen-bond donors (Lipinski definition) is 1. The van der Waals surface area contributed by atoms with E-state index < -0.39 is 0 Å². The summed E-state index contributed by atoms with van der Waals surface area (Å²) in [5.41, 5.74) is 2.25. The molecule has 2 aromatic carbocycles. The highest BCUT2D eigenvalue weighted by atomic mass is 19.1. The topological polar surface area (TPSA) is 32.3 Å². The largest absolute Gasteiger partial charge is 0.351 e. The molecule has 0 unspecified atom stereocenters. The van der Waals surface area contributed by atoms with Crippen molar-refractivity contribution in [3.63, 3.8) is 0 Å². The van der Waals surface area contributed by atoms with E-state index in [-0.39, 0.29) is 11.7 Å². The van der Waals surface area contributed by atoms with E-state index in [1.165, 1.54) is 17.7 Å². The first-order chi connectivity index (χ1) is 11.2. The molecule has 1 amide bonds. The van der Waals surface area contributed by atoms with Crippen LogP contribution in [0.2, 0.25) is 0 Å². The van der Waals surface area contributed by atoms with Crippen LogP contribution < -0.4 is 5.32 Å². The maximum Gasteiger partial charge on any atom is 0.234 e. The molecule has 0 spiro atoms. The minimum atomic E-state index is -0.260. The molecule has 0 radical (unpaired) electrons. The van der Waals surface area contributed by atoms with Crippen LogP contribution in [0.1, 0.15) is 23.5 Å². The van der Waals surface area contributed by atoms with Crippen molar-refractivity contribution in [2.45, 2.75) is 18.9 Å². The Balaban J connectivity index is 1.45. The molecule has 0 saturated carbocycles. The lowest BCUT2D eigenvalue weighted by molar-refractivity contribution is -0.122. The Morgan fingerprint density at radius 3 is 2.61 bits per heavy atom. The lowest BCUT2D eigenvalue weighted by Gasteiger charge is -2.16. The van der Waals surface area contributed by atoms with Crippen molar-refractivity contribution in [3.05, 3.63) is 71.5 Å². The van der Waals surface area contributed by atoms with Gasteiger partial charge < -0.3 is 5.32 Å². The molecule has 1 heterocycles. The third-order valence-electron chi connectivity index (χ3n) is 4.31. The van der Waals surface area contributed by atoms with E-state index in [2.05, 4.69) is 34.5 Å². The predicted molar refractivity (Wildman–Crippen MR) is 88.5 cm³/mol. The van der Waals surface area contributed by atoms with Gasteiger partial charge in [0.15, 0.2) is 0 Å². The summed E-state index contributed by atoms with van der Waals surface area (Å²) in [6.45, 7) is 2.73. The van der Waals surface area contributed by atoms with Gasteiger partial charge in [-0.1, -0.05) is 42.5 Å². The van der Waals surface area contributed by atoms with Crippen LogP contribution in [0.5, 0.6) is 0 Å².